The summed E-state index contributed by atoms with van der Waals surface area (Å²) < 4.78 is 0. The molecule has 15 heteroatoms. The molecule has 0 saturated heterocycles. The highest BCUT2D eigenvalue weighted by Crippen LogP contribution is 2.13. The average Bonchev–Trinajstić information content (AvgIpc) is 3.67. The van der Waals surface area contributed by atoms with Crippen LogP contribution in [0.4, 0.5) is 0 Å². The maximum absolute atomic E-state index is 13.5. The number of carboxylic acid groups (broad SMARTS) is 1. The fourth-order valence-corrected chi connectivity index (χ4v) is 4.20. The van der Waals surface area contributed by atoms with Gasteiger partial charge >= 0.3 is 5.97 Å². The van der Waals surface area contributed by atoms with Gasteiger partial charge in [-0.15, -0.1) is 0 Å². The first-order chi connectivity index (χ1) is 20.2. The van der Waals surface area contributed by atoms with E-state index in [0.29, 0.717) is 36.3 Å². The number of phenolic OH excluding ortho intramolecular Hbond substituents is 1. The van der Waals surface area contributed by atoms with E-state index in [-0.39, 0.29) is 31.4 Å². The number of hydrogen-bond donors (Lipinski definition) is 9. The molecule has 0 aliphatic carbocycles. The van der Waals surface area contributed by atoms with E-state index in [1.54, 1.807) is 18.3 Å². The second-order valence-electron chi connectivity index (χ2n) is 9.85. The number of aromatic nitrogens is 4. The molecule has 4 unspecified atom stereocenters. The normalized spacial score (nSPS) is 13.9. The number of carboxylic acids is 1. The number of hydrogen-bond acceptors (Lipinski definition) is 9. The van der Waals surface area contributed by atoms with E-state index in [2.05, 4.69) is 35.9 Å². The van der Waals surface area contributed by atoms with Crippen LogP contribution in [0.2, 0.25) is 0 Å². The van der Waals surface area contributed by atoms with Crippen LogP contribution in [0.25, 0.3) is 0 Å². The molecule has 42 heavy (non-hydrogen) atoms. The number of nitrogens with one attached hydrogen (secondary N) is 5. The van der Waals surface area contributed by atoms with Crippen molar-refractivity contribution < 1.29 is 29.4 Å². The van der Waals surface area contributed by atoms with Crippen molar-refractivity contribution >= 4 is 23.7 Å². The lowest BCUT2D eigenvalue weighted by Crippen LogP contribution is -2.58. The lowest BCUT2D eigenvalue weighted by Gasteiger charge is -2.25. The van der Waals surface area contributed by atoms with Crippen LogP contribution in [0.1, 0.15) is 36.2 Å². The Balaban J connectivity index is 1.77. The molecular formula is C27H37N9O6. The van der Waals surface area contributed by atoms with Gasteiger partial charge in [-0.3, -0.25) is 14.4 Å². The third kappa shape index (κ3) is 10.0. The number of rotatable bonds is 17. The van der Waals surface area contributed by atoms with E-state index in [9.17, 15) is 29.4 Å². The Morgan fingerprint density at radius 2 is 1.36 bits per heavy atom. The monoisotopic (exact) mass is 583 g/mol. The molecule has 0 fully saturated rings. The van der Waals surface area contributed by atoms with Crippen molar-refractivity contribution in [1.29, 1.82) is 0 Å². The SMILES string of the molecule is NCCCCC(NC(=O)C(N)Cc1cnc[nH]1)C(=O)NC(Cc1ccc(O)cc1)C(=O)NC(Cc1cnc[nH]1)C(=O)O. The Bertz CT molecular complexity index is 1280. The molecule has 0 saturated carbocycles. The molecule has 0 spiro atoms. The maximum atomic E-state index is 13.5. The molecular weight excluding hydrogens is 546 g/mol. The molecule has 1 aromatic carbocycles. The summed E-state index contributed by atoms with van der Waals surface area (Å²) in [4.78, 5) is 65.1. The highest BCUT2D eigenvalue weighted by Gasteiger charge is 2.31. The molecule has 2 heterocycles. The largest absolute Gasteiger partial charge is 0.508 e. The number of aliphatic carboxylic acids is 1. The van der Waals surface area contributed by atoms with Crippen molar-refractivity contribution in [2.75, 3.05) is 6.54 Å². The first kappa shape index (κ1) is 31.8. The van der Waals surface area contributed by atoms with Gasteiger partial charge in [0.15, 0.2) is 0 Å². The highest BCUT2D eigenvalue weighted by molar-refractivity contribution is 5.94. The highest BCUT2D eigenvalue weighted by atomic mass is 16.4. The molecule has 15 nitrogen and oxygen atoms in total. The molecule has 2 aromatic heterocycles. The number of aromatic hydroxyl groups is 1. The van der Waals surface area contributed by atoms with E-state index >= 15 is 0 Å². The zero-order valence-electron chi connectivity index (χ0n) is 23.0. The summed E-state index contributed by atoms with van der Waals surface area (Å²) in [6, 6.07) is 1.50. The van der Waals surface area contributed by atoms with Crippen LogP contribution < -0.4 is 27.4 Å². The van der Waals surface area contributed by atoms with Crippen LogP contribution in [0.5, 0.6) is 5.75 Å². The number of unbranched alkanes of at least 4 members (excludes halogenated alkanes) is 1. The third-order valence-electron chi connectivity index (χ3n) is 6.51. The second kappa shape index (κ2) is 15.9. The molecule has 0 radical (unpaired) electrons. The molecule has 0 aliphatic heterocycles. The predicted octanol–water partition coefficient (Wildman–Crippen LogP) is -1.14. The van der Waals surface area contributed by atoms with Gasteiger partial charge in [-0.2, -0.15) is 0 Å². The van der Waals surface area contributed by atoms with Crippen molar-refractivity contribution in [3.8, 4) is 5.75 Å². The van der Waals surface area contributed by atoms with E-state index in [1.807, 2.05) is 0 Å². The molecule has 3 rings (SSSR count). The van der Waals surface area contributed by atoms with Crippen molar-refractivity contribution in [3.63, 3.8) is 0 Å². The zero-order valence-corrected chi connectivity index (χ0v) is 23.0. The minimum Gasteiger partial charge on any atom is -0.508 e. The summed E-state index contributed by atoms with van der Waals surface area (Å²) in [7, 11) is 0. The Kier molecular flexibility index (Phi) is 12.0. The number of aromatic amines is 2. The van der Waals surface area contributed by atoms with Crippen molar-refractivity contribution in [2.45, 2.75) is 62.7 Å². The van der Waals surface area contributed by atoms with Gasteiger partial charge in [0, 0.05) is 43.0 Å². The van der Waals surface area contributed by atoms with Gasteiger partial charge in [-0.25, -0.2) is 14.8 Å². The Hall–Kier alpha value is -4.76. The van der Waals surface area contributed by atoms with Crippen LogP contribution >= 0.6 is 0 Å². The number of amides is 3. The standard InChI is InChI=1S/C27H37N9O6/c28-8-2-1-3-21(34-24(38)20(29)10-17-12-30-14-32-17)25(39)35-22(9-16-4-6-19(37)7-5-16)26(40)36-23(27(41)42)11-18-13-31-15-33-18/h4-7,12-15,20-23,37H,1-3,8-11,28-29H2,(H,30,32)(H,31,33)(H,34,38)(H,35,39)(H,36,40)(H,41,42). The van der Waals surface area contributed by atoms with Crippen LogP contribution in [0, 0.1) is 0 Å². The first-order valence-corrected chi connectivity index (χ1v) is 13.5. The number of H-pyrrole nitrogens is 2. The Morgan fingerprint density at radius 1 is 0.786 bits per heavy atom. The van der Waals surface area contributed by atoms with Crippen LogP contribution in [0.3, 0.4) is 0 Å². The molecule has 3 amide bonds. The molecule has 0 aliphatic rings. The number of benzene rings is 1. The minimum absolute atomic E-state index is 0.0168. The second-order valence-corrected chi connectivity index (χ2v) is 9.85. The molecule has 11 N–H and O–H groups in total. The van der Waals surface area contributed by atoms with Crippen molar-refractivity contribution in [3.05, 3.63) is 66.3 Å². The Labute approximate surface area is 241 Å². The topological polar surface area (TPSA) is 254 Å². The van der Waals surface area contributed by atoms with Crippen LogP contribution in [-0.4, -0.2) is 84.6 Å². The molecule has 0 bridgehead atoms. The van der Waals surface area contributed by atoms with Crippen LogP contribution in [-0.2, 0) is 38.4 Å². The number of phenols is 1. The Morgan fingerprint density at radius 3 is 1.93 bits per heavy atom. The number of carbonyl (C=O) groups is 4. The quantitative estimate of drug-likeness (QED) is 0.0863. The molecule has 4 atom stereocenters. The van der Waals surface area contributed by atoms with Gasteiger partial charge < -0.3 is 47.6 Å². The van der Waals surface area contributed by atoms with Crippen molar-refractivity contribution in [2.24, 2.45) is 11.5 Å². The van der Waals surface area contributed by atoms with Gasteiger partial charge in [0.1, 0.15) is 23.9 Å². The predicted molar refractivity (Wildman–Crippen MR) is 151 cm³/mol. The first-order valence-electron chi connectivity index (χ1n) is 13.5. The fourth-order valence-electron chi connectivity index (χ4n) is 4.20. The number of nitrogens with zero attached hydrogens (tertiary/aromatic N) is 2. The van der Waals surface area contributed by atoms with E-state index in [1.165, 1.54) is 31.0 Å². The van der Waals surface area contributed by atoms with E-state index in [4.69, 9.17) is 11.5 Å². The summed E-state index contributed by atoms with van der Waals surface area (Å²) in [5.74, 6) is -3.21. The molecule has 3 aromatic rings. The summed E-state index contributed by atoms with van der Waals surface area (Å²) in [5.41, 5.74) is 13.4. The minimum atomic E-state index is -1.31. The zero-order chi connectivity index (χ0) is 30.5. The van der Waals surface area contributed by atoms with Crippen LogP contribution in [0.15, 0.2) is 49.3 Å². The molecule has 226 valence electrons. The van der Waals surface area contributed by atoms with Gasteiger partial charge in [-0.1, -0.05) is 12.1 Å². The van der Waals surface area contributed by atoms with Crippen molar-refractivity contribution in [1.82, 2.24) is 35.9 Å². The number of nitrogens with two attached hydrogens (primary N) is 2. The van der Waals surface area contributed by atoms with Gasteiger partial charge in [0.05, 0.1) is 18.7 Å². The summed E-state index contributed by atoms with van der Waals surface area (Å²) >= 11 is 0. The average molecular weight is 584 g/mol. The van der Waals surface area contributed by atoms with Gasteiger partial charge in [0.2, 0.25) is 17.7 Å². The number of carbonyl (C=O) groups excluding carboxylic acids is 3. The smallest absolute Gasteiger partial charge is 0.326 e. The van der Waals surface area contributed by atoms with E-state index in [0.717, 1.165) is 0 Å². The lowest BCUT2D eigenvalue weighted by atomic mass is 10.0. The fraction of sp³-hybridized carbons (Fsp3) is 0.407. The summed E-state index contributed by atoms with van der Waals surface area (Å²) in [5, 5.41) is 27.2. The number of imidazole rings is 2. The maximum Gasteiger partial charge on any atom is 0.326 e. The van der Waals surface area contributed by atoms with Gasteiger partial charge in [-0.05, 0) is 43.5 Å². The summed E-state index contributed by atoms with van der Waals surface area (Å²) in [6.45, 7) is 0.389. The third-order valence-corrected chi connectivity index (χ3v) is 6.51. The lowest BCUT2D eigenvalue weighted by molar-refractivity contribution is -0.142. The summed E-state index contributed by atoms with van der Waals surface area (Å²) in [6.07, 6.45) is 7.29. The van der Waals surface area contributed by atoms with E-state index < -0.39 is 47.9 Å². The van der Waals surface area contributed by atoms with Gasteiger partial charge in [0.25, 0.3) is 0 Å².